The summed E-state index contributed by atoms with van der Waals surface area (Å²) in [6, 6.07) is -0.972. The maximum atomic E-state index is 12.8. The molecule has 0 radical (unpaired) electrons. The highest BCUT2D eigenvalue weighted by Crippen LogP contribution is 2.34. The summed E-state index contributed by atoms with van der Waals surface area (Å²) in [6.07, 6.45) is 2.47. The summed E-state index contributed by atoms with van der Waals surface area (Å²) in [7, 11) is 3.94. The molecule has 0 aromatic rings. The van der Waals surface area contributed by atoms with Crippen molar-refractivity contribution in [2.75, 3.05) is 53.4 Å². The number of amides is 4. The minimum atomic E-state index is -0.532. The van der Waals surface area contributed by atoms with Gasteiger partial charge in [-0.15, -0.1) is 0 Å². The Kier molecular flexibility index (Phi) is 5.27. The highest BCUT2D eigenvalue weighted by Gasteiger charge is 2.48. The fourth-order valence-electron chi connectivity index (χ4n) is 4.08. The van der Waals surface area contributed by atoms with Gasteiger partial charge >= 0.3 is 12.1 Å². The zero-order chi connectivity index (χ0) is 18.9. The van der Waals surface area contributed by atoms with Crippen LogP contribution in [0.25, 0.3) is 0 Å². The number of hydrogen-bond acceptors (Lipinski definition) is 5. The van der Waals surface area contributed by atoms with Crippen LogP contribution in [0.3, 0.4) is 0 Å². The quantitative estimate of drug-likeness (QED) is 0.748. The van der Waals surface area contributed by atoms with Gasteiger partial charge < -0.3 is 30.1 Å². The Morgan fingerprint density at radius 1 is 1.27 bits per heavy atom. The monoisotopic (exact) mass is 367 g/mol. The fourth-order valence-corrected chi connectivity index (χ4v) is 4.08. The summed E-state index contributed by atoms with van der Waals surface area (Å²) >= 11 is 0. The zero-order valence-electron chi connectivity index (χ0n) is 15.6. The van der Waals surface area contributed by atoms with Crippen molar-refractivity contribution in [1.29, 1.82) is 0 Å². The van der Waals surface area contributed by atoms with Crippen molar-refractivity contribution < 1.29 is 19.1 Å². The third kappa shape index (κ3) is 3.72. The molecule has 3 rings (SSSR count). The Morgan fingerprint density at radius 2 is 1.96 bits per heavy atom. The van der Waals surface area contributed by atoms with Crippen LogP contribution in [0, 0.1) is 0 Å². The van der Waals surface area contributed by atoms with Crippen molar-refractivity contribution in [2.24, 2.45) is 5.73 Å². The number of likely N-dealkylation sites (tertiary alicyclic amines) is 2. The SMILES string of the molecule is CN(C)CCN1CC2(CCN(C(=O)[C@@H]3CCCN3C(N)=O)CC2)OC1=O. The van der Waals surface area contributed by atoms with Gasteiger partial charge in [0.25, 0.3) is 0 Å². The van der Waals surface area contributed by atoms with Gasteiger partial charge in [0.05, 0.1) is 6.54 Å². The number of urea groups is 1. The van der Waals surface area contributed by atoms with E-state index in [0.29, 0.717) is 52.0 Å². The van der Waals surface area contributed by atoms with E-state index in [1.807, 2.05) is 19.0 Å². The topological polar surface area (TPSA) is 99.4 Å². The third-order valence-corrected chi connectivity index (χ3v) is 5.67. The van der Waals surface area contributed by atoms with Crippen LogP contribution in [-0.4, -0.2) is 103 Å². The van der Waals surface area contributed by atoms with E-state index in [4.69, 9.17) is 10.5 Å². The molecule has 9 nitrogen and oxygen atoms in total. The molecule has 0 bridgehead atoms. The van der Waals surface area contributed by atoms with Gasteiger partial charge in [-0.2, -0.15) is 0 Å². The maximum Gasteiger partial charge on any atom is 0.410 e. The van der Waals surface area contributed by atoms with Crippen molar-refractivity contribution in [3.8, 4) is 0 Å². The van der Waals surface area contributed by atoms with E-state index >= 15 is 0 Å². The molecule has 9 heteroatoms. The first-order valence-electron chi connectivity index (χ1n) is 9.29. The van der Waals surface area contributed by atoms with Crippen LogP contribution in [0.5, 0.6) is 0 Å². The summed E-state index contributed by atoms with van der Waals surface area (Å²) in [5.74, 6) is -0.0371. The Labute approximate surface area is 154 Å². The second-order valence-corrected chi connectivity index (χ2v) is 7.79. The van der Waals surface area contributed by atoms with E-state index in [1.54, 1.807) is 9.80 Å². The van der Waals surface area contributed by atoms with Gasteiger partial charge in [-0.3, -0.25) is 4.79 Å². The van der Waals surface area contributed by atoms with Gasteiger partial charge in [0.1, 0.15) is 11.6 Å². The first-order valence-corrected chi connectivity index (χ1v) is 9.29. The Hall–Kier alpha value is -2.03. The standard InChI is InChI=1S/C17H29N5O4/c1-19(2)10-11-21-12-17(26-16(21)25)5-8-20(9-6-17)14(23)13-4-3-7-22(13)15(18)24/h13H,3-12H2,1-2H3,(H2,18,24)/t13-/m0/s1. The minimum Gasteiger partial charge on any atom is -0.441 e. The molecule has 3 saturated heterocycles. The molecular formula is C17H29N5O4. The van der Waals surface area contributed by atoms with Crippen LogP contribution in [0.2, 0.25) is 0 Å². The number of ether oxygens (including phenoxy) is 1. The number of hydrogen-bond donors (Lipinski definition) is 1. The van der Waals surface area contributed by atoms with E-state index in [2.05, 4.69) is 0 Å². The molecule has 1 spiro atoms. The average molecular weight is 367 g/mol. The summed E-state index contributed by atoms with van der Waals surface area (Å²) in [4.78, 5) is 43.5. The lowest BCUT2D eigenvalue weighted by Gasteiger charge is -2.39. The van der Waals surface area contributed by atoms with Crippen molar-refractivity contribution in [1.82, 2.24) is 19.6 Å². The predicted octanol–water partition coefficient (Wildman–Crippen LogP) is -0.0955. The van der Waals surface area contributed by atoms with Gasteiger partial charge in [-0.1, -0.05) is 0 Å². The van der Waals surface area contributed by atoms with E-state index in [-0.39, 0.29) is 12.0 Å². The van der Waals surface area contributed by atoms with Gasteiger partial charge in [-0.05, 0) is 26.9 Å². The Balaban J connectivity index is 1.55. The molecule has 0 saturated carbocycles. The number of nitrogens with two attached hydrogens (primary N) is 1. The lowest BCUT2D eigenvalue weighted by atomic mass is 9.91. The van der Waals surface area contributed by atoms with E-state index < -0.39 is 17.7 Å². The Bertz CT molecular complexity index is 574. The largest absolute Gasteiger partial charge is 0.441 e. The van der Waals surface area contributed by atoms with Crippen LogP contribution in [0.15, 0.2) is 0 Å². The molecule has 2 N–H and O–H groups in total. The highest BCUT2D eigenvalue weighted by molar-refractivity contribution is 5.87. The van der Waals surface area contributed by atoms with Gasteiger partial charge in [0, 0.05) is 45.6 Å². The molecular weight excluding hydrogens is 338 g/mol. The van der Waals surface area contributed by atoms with Crippen LogP contribution < -0.4 is 5.73 Å². The smallest absolute Gasteiger partial charge is 0.410 e. The molecule has 3 aliphatic rings. The molecule has 1 atom stereocenters. The number of piperidine rings is 1. The van der Waals surface area contributed by atoms with Gasteiger partial charge in [-0.25, -0.2) is 9.59 Å². The highest BCUT2D eigenvalue weighted by atomic mass is 16.6. The van der Waals surface area contributed by atoms with Crippen LogP contribution >= 0.6 is 0 Å². The number of nitrogens with zero attached hydrogens (tertiary/aromatic N) is 4. The number of carbonyl (C=O) groups is 3. The van der Waals surface area contributed by atoms with Crippen LogP contribution in [-0.2, 0) is 9.53 Å². The van der Waals surface area contributed by atoms with E-state index in [1.165, 1.54) is 4.90 Å². The third-order valence-electron chi connectivity index (χ3n) is 5.67. The molecule has 3 aliphatic heterocycles. The second-order valence-electron chi connectivity index (χ2n) is 7.79. The van der Waals surface area contributed by atoms with Crippen LogP contribution in [0.4, 0.5) is 9.59 Å². The molecule has 0 unspecified atom stereocenters. The van der Waals surface area contributed by atoms with Crippen molar-refractivity contribution in [3.05, 3.63) is 0 Å². The molecule has 0 aromatic heterocycles. The van der Waals surface area contributed by atoms with Gasteiger partial charge in [0.15, 0.2) is 0 Å². The summed E-state index contributed by atoms with van der Waals surface area (Å²) in [5, 5.41) is 0. The van der Waals surface area contributed by atoms with E-state index in [9.17, 15) is 14.4 Å². The molecule has 3 heterocycles. The molecule has 3 fully saturated rings. The molecule has 26 heavy (non-hydrogen) atoms. The normalized spacial score (nSPS) is 25.3. The lowest BCUT2D eigenvalue weighted by Crippen LogP contribution is -2.54. The number of carbonyl (C=O) groups excluding carboxylic acids is 3. The molecule has 0 aliphatic carbocycles. The van der Waals surface area contributed by atoms with E-state index in [0.717, 1.165) is 13.0 Å². The zero-order valence-corrected chi connectivity index (χ0v) is 15.6. The second kappa shape index (κ2) is 7.30. The number of primary amides is 1. The molecule has 146 valence electrons. The van der Waals surface area contributed by atoms with Gasteiger partial charge in [0.2, 0.25) is 5.91 Å². The Morgan fingerprint density at radius 3 is 2.58 bits per heavy atom. The summed E-state index contributed by atoms with van der Waals surface area (Å²) < 4.78 is 5.69. The fraction of sp³-hybridized carbons (Fsp3) is 0.824. The number of likely N-dealkylation sites (N-methyl/N-ethyl adjacent to an activating group) is 1. The first-order chi connectivity index (χ1) is 12.3. The van der Waals surface area contributed by atoms with Crippen molar-refractivity contribution in [2.45, 2.75) is 37.3 Å². The molecule has 0 aromatic carbocycles. The van der Waals surface area contributed by atoms with Crippen LogP contribution in [0.1, 0.15) is 25.7 Å². The van der Waals surface area contributed by atoms with Crippen molar-refractivity contribution in [3.63, 3.8) is 0 Å². The summed E-state index contributed by atoms with van der Waals surface area (Å²) in [6.45, 7) is 3.64. The van der Waals surface area contributed by atoms with Crippen molar-refractivity contribution >= 4 is 18.0 Å². The average Bonchev–Trinajstić information content (AvgIpc) is 3.18. The predicted molar refractivity (Wildman–Crippen MR) is 94.5 cm³/mol. The first kappa shape index (κ1) is 18.8. The minimum absolute atomic E-state index is 0.0371. The molecule has 4 amide bonds. The number of rotatable bonds is 4. The maximum absolute atomic E-state index is 12.8. The summed E-state index contributed by atoms with van der Waals surface area (Å²) in [5.41, 5.74) is 4.89. The lowest BCUT2D eigenvalue weighted by molar-refractivity contribution is -0.138.